The summed E-state index contributed by atoms with van der Waals surface area (Å²) in [5.74, 6) is 0.465. The molecule has 1 aromatic heterocycles. The maximum atomic E-state index is 3.71. The van der Waals surface area contributed by atoms with Gasteiger partial charge in [0.1, 0.15) is 0 Å². The molecule has 0 fully saturated rings. The van der Waals surface area contributed by atoms with Crippen LogP contribution in [0.15, 0.2) is 40.2 Å². The molecule has 2 rings (SSSR count). The molecule has 3 heteroatoms. The van der Waals surface area contributed by atoms with Gasteiger partial charge in [-0.15, -0.1) is 11.3 Å². The van der Waals surface area contributed by atoms with E-state index in [1.165, 1.54) is 19.8 Å². The second-order valence-electron chi connectivity index (χ2n) is 5.24. The first-order valence-corrected chi connectivity index (χ1v) is 8.78. The molecular formula is C17H22BrNS. The fourth-order valence-electron chi connectivity index (χ4n) is 2.41. The zero-order valence-electron chi connectivity index (χ0n) is 12.3. The third-order valence-corrected chi connectivity index (χ3v) is 5.84. The molecule has 20 heavy (non-hydrogen) atoms. The Kier molecular flexibility index (Phi) is 5.82. The Hall–Kier alpha value is -0.640. The Bertz CT molecular complexity index is 516. The summed E-state index contributed by atoms with van der Waals surface area (Å²) >= 11 is 5.50. The molecule has 108 valence electrons. The molecule has 0 bridgehead atoms. The maximum absolute atomic E-state index is 3.71. The molecule has 0 radical (unpaired) electrons. The number of benzene rings is 1. The van der Waals surface area contributed by atoms with E-state index < -0.39 is 0 Å². The van der Waals surface area contributed by atoms with E-state index in [0.29, 0.717) is 12.0 Å². The molecule has 0 saturated heterocycles. The van der Waals surface area contributed by atoms with Gasteiger partial charge in [-0.3, -0.25) is 0 Å². The van der Waals surface area contributed by atoms with Crippen LogP contribution in [0, 0.1) is 6.92 Å². The van der Waals surface area contributed by atoms with Crippen molar-refractivity contribution in [2.24, 2.45) is 0 Å². The molecule has 1 nitrogen and oxygen atoms in total. The molecule has 2 aromatic rings. The van der Waals surface area contributed by atoms with Gasteiger partial charge in [0.25, 0.3) is 0 Å². The first-order chi connectivity index (χ1) is 9.63. The molecule has 0 aliphatic rings. The summed E-state index contributed by atoms with van der Waals surface area (Å²) in [6, 6.07) is 13.5. The van der Waals surface area contributed by atoms with E-state index in [1.54, 1.807) is 0 Å². The standard InChI is InChI=1S/C17H22BrNS/c1-4-10-19-16(15-11-12(2)17(18)20-15)13(3)14-8-6-5-7-9-14/h5-9,11,13,16,19H,4,10H2,1-3H3. The number of nitrogens with one attached hydrogen (secondary N) is 1. The molecule has 0 amide bonds. The van der Waals surface area contributed by atoms with E-state index in [1.807, 2.05) is 11.3 Å². The summed E-state index contributed by atoms with van der Waals surface area (Å²) in [7, 11) is 0. The summed E-state index contributed by atoms with van der Waals surface area (Å²) in [4.78, 5) is 1.42. The summed E-state index contributed by atoms with van der Waals surface area (Å²) in [5.41, 5.74) is 2.72. The van der Waals surface area contributed by atoms with Crippen LogP contribution < -0.4 is 5.32 Å². The van der Waals surface area contributed by atoms with Gasteiger partial charge in [-0.25, -0.2) is 0 Å². The lowest BCUT2D eigenvalue weighted by Gasteiger charge is -2.24. The molecule has 0 aliphatic carbocycles. The van der Waals surface area contributed by atoms with E-state index in [0.717, 1.165) is 13.0 Å². The number of hydrogen-bond acceptors (Lipinski definition) is 2. The van der Waals surface area contributed by atoms with Gasteiger partial charge in [-0.2, -0.15) is 0 Å². The molecular weight excluding hydrogens is 330 g/mol. The molecule has 0 saturated carbocycles. The lowest BCUT2D eigenvalue weighted by Crippen LogP contribution is -2.26. The zero-order valence-corrected chi connectivity index (χ0v) is 14.7. The highest BCUT2D eigenvalue weighted by Crippen LogP contribution is 2.38. The Morgan fingerprint density at radius 3 is 2.50 bits per heavy atom. The van der Waals surface area contributed by atoms with Crippen molar-refractivity contribution in [2.75, 3.05) is 6.54 Å². The lowest BCUT2D eigenvalue weighted by molar-refractivity contribution is 0.473. The first kappa shape index (κ1) is 15.7. The van der Waals surface area contributed by atoms with Crippen LogP contribution in [0.3, 0.4) is 0 Å². The van der Waals surface area contributed by atoms with Gasteiger partial charge in [0, 0.05) is 16.8 Å². The van der Waals surface area contributed by atoms with Crippen molar-refractivity contribution in [3.05, 3.63) is 56.2 Å². The van der Waals surface area contributed by atoms with Gasteiger partial charge in [0.15, 0.2) is 0 Å². The van der Waals surface area contributed by atoms with Crippen LogP contribution >= 0.6 is 27.3 Å². The number of thiophene rings is 1. The number of aryl methyl sites for hydroxylation is 1. The second kappa shape index (κ2) is 7.39. The minimum atomic E-state index is 0.382. The van der Waals surface area contributed by atoms with Crippen molar-refractivity contribution in [1.29, 1.82) is 0 Å². The van der Waals surface area contributed by atoms with Gasteiger partial charge in [-0.1, -0.05) is 44.2 Å². The molecule has 0 spiro atoms. The topological polar surface area (TPSA) is 12.0 Å². The number of halogens is 1. The van der Waals surface area contributed by atoms with Gasteiger partial charge in [0.2, 0.25) is 0 Å². The van der Waals surface area contributed by atoms with E-state index >= 15 is 0 Å². The van der Waals surface area contributed by atoms with Crippen LogP contribution in [0.5, 0.6) is 0 Å². The normalized spacial score (nSPS) is 14.2. The fourth-order valence-corrected chi connectivity index (χ4v) is 4.16. The highest BCUT2D eigenvalue weighted by atomic mass is 79.9. The average molecular weight is 352 g/mol. The van der Waals surface area contributed by atoms with Crippen molar-refractivity contribution in [2.45, 2.75) is 39.2 Å². The van der Waals surface area contributed by atoms with Crippen molar-refractivity contribution < 1.29 is 0 Å². The van der Waals surface area contributed by atoms with Crippen LogP contribution in [-0.2, 0) is 0 Å². The Labute approximate surface area is 134 Å². The van der Waals surface area contributed by atoms with Crippen molar-refractivity contribution >= 4 is 27.3 Å². The second-order valence-corrected chi connectivity index (χ2v) is 7.64. The molecule has 2 unspecified atom stereocenters. The van der Waals surface area contributed by atoms with Crippen molar-refractivity contribution in [1.82, 2.24) is 5.32 Å². The Morgan fingerprint density at radius 1 is 1.25 bits per heavy atom. The Morgan fingerprint density at radius 2 is 1.95 bits per heavy atom. The van der Waals surface area contributed by atoms with Gasteiger partial charge in [-0.05, 0) is 53.0 Å². The lowest BCUT2D eigenvalue weighted by atomic mass is 9.92. The van der Waals surface area contributed by atoms with Gasteiger partial charge in [0.05, 0.1) is 3.79 Å². The van der Waals surface area contributed by atoms with Gasteiger partial charge >= 0.3 is 0 Å². The predicted octanol–water partition coefficient (Wildman–Crippen LogP) is 5.66. The van der Waals surface area contributed by atoms with E-state index in [4.69, 9.17) is 0 Å². The molecule has 1 heterocycles. The third kappa shape index (κ3) is 3.72. The molecule has 0 aliphatic heterocycles. The van der Waals surface area contributed by atoms with E-state index in [9.17, 15) is 0 Å². The third-order valence-electron chi connectivity index (χ3n) is 3.62. The number of rotatable bonds is 6. The SMILES string of the molecule is CCCNC(c1cc(C)c(Br)s1)C(C)c1ccccc1. The summed E-state index contributed by atoms with van der Waals surface area (Å²) in [6.45, 7) is 7.74. The fraction of sp³-hybridized carbons (Fsp3) is 0.412. The highest BCUT2D eigenvalue weighted by Gasteiger charge is 2.22. The molecule has 1 aromatic carbocycles. The minimum Gasteiger partial charge on any atom is -0.309 e. The highest BCUT2D eigenvalue weighted by molar-refractivity contribution is 9.11. The monoisotopic (exact) mass is 351 g/mol. The summed E-state index contributed by atoms with van der Waals surface area (Å²) in [6.07, 6.45) is 1.16. The zero-order chi connectivity index (χ0) is 14.5. The number of hydrogen-bond donors (Lipinski definition) is 1. The molecule has 2 atom stereocenters. The van der Waals surface area contributed by atoms with Crippen molar-refractivity contribution in [3.63, 3.8) is 0 Å². The van der Waals surface area contributed by atoms with Crippen LogP contribution in [0.25, 0.3) is 0 Å². The predicted molar refractivity (Wildman–Crippen MR) is 92.6 cm³/mol. The van der Waals surface area contributed by atoms with Gasteiger partial charge < -0.3 is 5.32 Å². The molecule has 1 N–H and O–H groups in total. The van der Waals surface area contributed by atoms with Crippen LogP contribution in [-0.4, -0.2) is 6.54 Å². The summed E-state index contributed by atoms with van der Waals surface area (Å²) in [5, 5.41) is 3.71. The quantitative estimate of drug-likeness (QED) is 0.707. The van der Waals surface area contributed by atoms with Crippen LogP contribution in [0.2, 0.25) is 0 Å². The van der Waals surface area contributed by atoms with E-state index in [2.05, 4.69) is 78.4 Å². The summed E-state index contributed by atoms with van der Waals surface area (Å²) < 4.78 is 1.25. The van der Waals surface area contributed by atoms with Crippen LogP contribution in [0.4, 0.5) is 0 Å². The Balaban J connectivity index is 2.27. The largest absolute Gasteiger partial charge is 0.309 e. The average Bonchev–Trinajstić information content (AvgIpc) is 2.79. The van der Waals surface area contributed by atoms with Crippen molar-refractivity contribution in [3.8, 4) is 0 Å². The van der Waals surface area contributed by atoms with Crippen LogP contribution in [0.1, 0.15) is 48.2 Å². The smallest absolute Gasteiger partial charge is 0.0731 e. The van der Waals surface area contributed by atoms with E-state index in [-0.39, 0.29) is 0 Å². The minimum absolute atomic E-state index is 0.382. The first-order valence-electron chi connectivity index (χ1n) is 7.17. The maximum Gasteiger partial charge on any atom is 0.0731 e.